The van der Waals surface area contributed by atoms with Gasteiger partial charge in [-0.1, -0.05) is 49.3 Å². The van der Waals surface area contributed by atoms with Crippen LogP contribution in [0.4, 0.5) is 11.5 Å². The minimum absolute atomic E-state index is 0.0303. The van der Waals surface area contributed by atoms with E-state index in [9.17, 15) is 14.4 Å². The second-order valence-electron chi connectivity index (χ2n) is 7.57. The molecule has 0 saturated carbocycles. The molecular formula is C21H25N5O4. The summed E-state index contributed by atoms with van der Waals surface area (Å²) in [4.78, 5) is 42.2. The van der Waals surface area contributed by atoms with Gasteiger partial charge < -0.3 is 15.2 Å². The van der Waals surface area contributed by atoms with Gasteiger partial charge in [0.2, 0.25) is 0 Å². The molecule has 0 spiro atoms. The third kappa shape index (κ3) is 4.05. The van der Waals surface area contributed by atoms with Gasteiger partial charge in [-0.2, -0.15) is 0 Å². The lowest BCUT2D eigenvalue weighted by atomic mass is 10.1. The standard InChI is InChI=1S/C21H25N5O4/c1-12(2)10-25(20(28)16-13(3)24-30-14(16)4)17-18(22)26(21(29)23-19(17)27)11-15-8-6-5-7-9-15/h5-9,12H,10-11,22H2,1-4H3,(H,23,27,29). The molecule has 0 aliphatic heterocycles. The first kappa shape index (κ1) is 21.1. The maximum atomic E-state index is 13.4. The maximum absolute atomic E-state index is 13.4. The molecule has 0 aliphatic rings. The molecule has 3 rings (SSSR count). The Bertz CT molecular complexity index is 1150. The first-order valence-corrected chi connectivity index (χ1v) is 9.62. The highest BCUT2D eigenvalue weighted by Gasteiger charge is 2.29. The van der Waals surface area contributed by atoms with E-state index in [4.69, 9.17) is 10.3 Å². The van der Waals surface area contributed by atoms with Gasteiger partial charge in [0.05, 0.1) is 12.2 Å². The number of rotatable bonds is 6. The molecule has 3 aromatic rings. The second kappa shape index (κ2) is 8.40. The van der Waals surface area contributed by atoms with E-state index in [1.54, 1.807) is 13.8 Å². The van der Waals surface area contributed by atoms with Gasteiger partial charge in [-0.3, -0.25) is 19.1 Å². The minimum atomic E-state index is -0.720. The Morgan fingerprint density at radius 3 is 2.47 bits per heavy atom. The van der Waals surface area contributed by atoms with Crippen molar-refractivity contribution in [2.45, 2.75) is 34.2 Å². The van der Waals surface area contributed by atoms with E-state index in [-0.39, 0.29) is 36.1 Å². The van der Waals surface area contributed by atoms with Crippen molar-refractivity contribution in [3.63, 3.8) is 0 Å². The van der Waals surface area contributed by atoms with Crippen LogP contribution in [0.5, 0.6) is 0 Å². The zero-order chi connectivity index (χ0) is 22.0. The van der Waals surface area contributed by atoms with Crippen molar-refractivity contribution in [1.29, 1.82) is 0 Å². The van der Waals surface area contributed by atoms with E-state index < -0.39 is 17.2 Å². The number of aromatic nitrogens is 3. The van der Waals surface area contributed by atoms with Crippen molar-refractivity contribution in [2.24, 2.45) is 5.92 Å². The van der Waals surface area contributed by atoms with E-state index >= 15 is 0 Å². The van der Waals surface area contributed by atoms with Crippen LogP contribution in [0.3, 0.4) is 0 Å². The fourth-order valence-electron chi connectivity index (χ4n) is 3.33. The number of hydrogen-bond donors (Lipinski definition) is 2. The SMILES string of the molecule is Cc1noc(C)c1C(=O)N(CC(C)C)c1c(N)n(Cc2ccccc2)c(=O)[nH]c1=O. The molecule has 30 heavy (non-hydrogen) atoms. The molecular weight excluding hydrogens is 386 g/mol. The fourth-order valence-corrected chi connectivity index (χ4v) is 3.33. The van der Waals surface area contributed by atoms with Crippen molar-refractivity contribution < 1.29 is 9.32 Å². The number of anilines is 2. The van der Waals surface area contributed by atoms with Crippen LogP contribution in [-0.4, -0.2) is 27.2 Å². The molecule has 2 heterocycles. The summed E-state index contributed by atoms with van der Waals surface area (Å²) in [5.41, 5.74) is 6.38. The molecule has 3 N–H and O–H groups in total. The predicted molar refractivity (Wildman–Crippen MR) is 114 cm³/mol. The number of H-pyrrole nitrogens is 1. The molecule has 0 saturated heterocycles. The van der Waals surface area contributed by atoms with Crippen LogP contribution in [0.25, 0.3) is 0 Å². The molecule has 0 bridgehead atoms. The van der Waals surface area contributed by atoms with Crippen molar-refractivity contribution in [3.05, 3.63) is 73.8 Å². The largest absolute Gasteiger partial charge is 0.383 e. The Morgan fingerprint density at radius 1 is 1.23 bits per heavy atom. The van der Waals surface area contributed by atoms with Crippen LogP contribution in [0.2, 0.25) is 0 Å². The van der Waals surface area contributed by atoms with E-state index in [0.717, 1.165) is 5.56 Å². The van der Waals surface area contributed by atoms with Gasteiger partial charge in [0.1, 0.15) is 17.1 Å². The maximum Gasteiger partial charge on any atom is 0.330 e. The zero-order valence-corrected chi connectivity index (χ0v) is 17.4. The summed E-state index contributed by atoms with van der Waals surface area (Å²) < 4.78 is 6.37. The Balaban J connectivity index is 2.16. The quantitative estimate of drug-likeness (QED) is 0.639. The van der Waals surface area contributed by atoms with Crippen LogP contribution >= 0.6 is 0 Å². The number of nitrogens with one attached hydrogen (secondary N) is 1. The van der Waals surface area contributed by atoms with Crippen LogP contribution in [0.15, 0.2) is 44.4 Å². The first-order valence-electron chi connectivity index (χ1n) is 9.62. The Kier molecular flexibility index (Phi) is 5.91. The van der Waals surface area contributed by atoms with Crippen LogP contribution in [0, 0.1) is 19.8 Å². The highest BCUT2D eigenvalue weighted by atomic mass is 16.5. The molecule has 2 aromatic heterocycles. The number of nitrogens with zero attached hydrogens (tertiary/aromatic N) is 3. The average molecular weight is 411 g/mol. The normalized spacial score (nSPS) is 11.1. The Hall–Kier alpha value is -3.62. The van der Waals surface area contributed by atoms with Crippen molar-refractivity contribution in [1.82, 2.24) is 14.7 Å². The van der Waals surface area contributed by atoms with Gasteiger partial charge in [0, 0.05) is 6.54 Å². The molecule has 1 aromatic carbocycles. The number of benzene rings is 1. The molecule has 9 heteroatoms. The van der Waals surface area contributed by atoms with Gasteiger partial charge in [-0.05, 0) is 25.3 Å². The van der Waals surface area contributed by atoms with Gasteiger partial charge >= 0.3 is 5.69 Å². The molecule has 0 unspecified atom stereocenters. The first-order chi connectivity index (χ1) is 14.2. The molecule has 0 aliphatic carbocycles. The Labute approximate surface area is 173 Å². The lowest BCUT2D eigenvalue weighted by Gasteiger charge is -2.26. The van der Waals surface area contributed by atoms with Crippen molar-refractivity contribution in [2.75, 3.05) is 17.2 Å². The molecule has 1 amide bonds. The van der Waals surface area contributed by atoms with Crippen LogP contribution in [0.1, 0.15) is 41.2 Å². The fraction of sp³-hybridized carbons (Fsp3) is 0.333. The zero-order valence-electron chi connectivity index (χ0n) is 17.4. The summed E-state index contributed by atoms with van der Waals surface area (Å²) in [7, 11) is 0. The van der Waals surface area contributed by atoms with E-state index in [1.165, 1.54) is 9.47 Å². The van der Waals surface area contributed by atoms with Gasteiger partial charge in [-0.15, -0.1) is 0 Å². The monoisotopic (exact) mass is 411 g/mol. The molecule has 158 valence electrons. The van der Waals surface area contributed by atoms with Crippen molar-refractivity contribution in [3.8, 4) is 0 Å². The van der Waals surface area contributed by atoms with Crippen LogP contribution < -0.4 is 21.9 Å². The number of nitrogen functional groups attached to an aromatic ring is 1. The van der Waals surface area contributed by atoms with E-state index in [1.807, 2.05) is 44.2 Å². The van der Waals surface area contributed by atoms with Crippen LogP contribution in [-0.2, 0) is 6.54 Å². The molecule has 0 fully saturated rings. The summed E-state index contributed by atoms with van der Waals surface area (Å²) in [6.45, 7) is 7.49. The summed E-state index contributed by atoms with van der Waals surface area (Å²) in [5, 5.41) is 3.83. The lowest BCUT2D eigenvalue weighted by molar-refractivity contribution is 0.0981. The number of nitrogens with two attached hydrogens (primary N) is 1. The highest BCUT2D eigenvalue weighted by molar-refractivity contribution is 6.08. The topological polar surface area (TPSA) is 127 Å². The third-order valence-corrected chi connectivity index (χ3v) is 4.71. The van der Waals surface area contributed by atoms with Gasteiger partial charge in [0.25, 0.3) is 11.5 Å². The summed E-state index contributed by atoms with van der Waals surface area (Å²) >= 11 is 0. The Morgan fingerprint density at radius 2 is 1.90 bits per heavy atom. The van der Waals surface area contributed by atoms with E-state index in [0.29, 0.717) is 11.5 Å². The second-order valence-corrected chi connectivity index (χ2v) is 7.57. The number of aryl methyl sites for hydroxylation is 2. The van der Waals surface area contributed by atoms with Gasteiger partial charge in [0.15, 0.2) is 5.69 Å². The predicted octanol–water partition coefficient (Wildman–Crippen LogP) is 2.07. The molecule has 0 atom stereocenters. The number of amides is 1. The van der Waals surface area contributed by atoms with Crippen molar-refractivity contribution >= 4 is 17.4 Å². The molecule has 0 radical (unpaired) electrons. The lowest BCUT2D eigenvalue weighted by Crippen LogP contribution is -2.43. The number of carbonyl (C=O) groups excluding carboxylic acids is 1. The summed E-state index contributed by atoms with van der Waals surface area (Å²) in [5.74, 6) is -0.156. The minimum Gasteiger partial charge on any atom is -0.383 e. The number of carbonyl (C=O) groups is 1. The van der Waals surface area contributed by atoms with E-state index in [2.05, 4.69) is 10.1 Å². The smallest absolute Gasteiger partial charge is 0.330 e. The number of hydrogen-bond acceptors (Lipinski definition) is 6. The third-order valence-electron chi connectivity index (χ3n) is 4.71. The molecule has 9 nitrogen and oxygen atoms in total. The summed E-state index contributed by atoms with van der Waals surface area (Å²) in [6.07, 6.45) is 0. The van der Waals surface area contributed by atoms with Gasteiger partial charge in [-0.25, -0.2) is 4.79 Å². The average Bonchev–Trinajstić information content (AvgIpc) is 3.02. The highest BCUT2D eigenvalue weighted by Crippen LogP contribution is 2.24. The number of aromatic amines is 1. The summed E-state index contributed by atoms with van der Waals surface area (Å²) in [6, 6.07) is 9.24.